The van der Waals surface area contributed by atoms with Gasteiger partial charge in [-0.25, -0.2) is 8.42 Å². The van der Waals surface area contributed by atoms with Crippen LogP contribution in [0.5, 0.6) is 0 Å². The van der Waals surface area contributed by atoms with Crippen LogP contribution in [0.3, 0.4) is 0 Å². The van der Waals surface area contributed by atoms with Gasteiger partial charge in [0.2, 0.25) is 5.91 Å². The third-order valence-corrected chi connectivity index (χ3v) is 7.46. The topological polar surface area (TPSA) is 105 Å². The largest absolute Gasteiger partial charge is 0.352 e. The molecule has 0 spiro atoms. The van der Waals surface area contributed by atoms with Gasteiger partial charge < -0.3 is 5.32 Å². The summed E-state index contributed by atoms with van der Waals surface area (Å²) in [5, 5.41) is 3.34. The Hall–Kier alpha value is -2.71. The number of nitrogens with one attached hydrogen (secondary N) is 2. The van der Waals surface area contributed by atoms with E-state index in [1.54, 1.807) is 25.1 Å². The first-order chi connectivity index (χ1) is 14.8. The molecule has 0 bridgehead atoms. The summed E-state index contributed by atoms with van der Waals surface area (Å²) >= 11 is 6.08. The van der Waals surface area contributed by atoms with Crippen molar-refractivity contribution in [2.75, 3.05) is 4.72 Å². The normalized spacial score (nSPS) is 18.6. The van der Waals surface area contributed by atoms with E-state index in [2.05, 4.69) is 15.0 Å². The lowest BCUT2D eigenvalue weighted by Crippen LogP contribution is -2.42. The number of halogens is 1. The third kappa shape index (κ3) is 4.36. The van der Waals surface area contributed by atoms with Gasteiger partial charge in [-0.15, -0.1) is 0 Å². The fourth-order valence-corrected chi connectivity index (χ4v) is 5.18. The molecule has 7 nitrogen and oxygen atoms in total. The highest BCUT2D eigenvalue weighted by Gasteiger charge is 2.33. The second kappa shape index (κ2) is 8.43. The number of fused-ring (bicyclic) bond motifs is 1. The van der Waals surface area contributed by atoms with E-state index in [4.69, 9.17) is 11.6 Å². The van der Waals surface area contributed by atoms with Gasteiger partial charge in [0.1, 0.15) is 5.92 Å². The van der Waals surface area contributed by atoms with Crippen LogP contribution in [0.15, 0.2) is 46.3 Å². The Balaban J connectivity index is 1.59. The number of rotatable bonds is 5. The summed E-state index contributed by atoms with van der Waals surface area (Å²) in [6.45, 7) is 1.71. The summed E-state index contributed by atoms with van der Waals surface area (Å²) in [6, 6.07) is 9.11. The van der Waals surface area contributed by atoms with E-state index >= 15 is 0 Å². The van der Waals surface area contributed by atoms with E-state index in [1.807, 2.05) is 0 Å². The molecule has 1 unspecified atom stereocenters. The minimum absolute atomic E-state index is 0.0759. The number of ketones is 1. The zero-order chi connectivity index (χ0) is 22.2. The summed E-state index contributed by atoms with van der Waals surface area (Å²) in [6.07, 6.45) is 5.24. The summed E-state index contributed by atoms with van der Waals surface area (Å²) in [4.78, 5) is 29.7. The Kier molecular flexibility index (Phi) is 5.85. The Bertz CT molecular complexity index is 1190. The van der Waals surface area contributed by atoms with Gasteiger partial charge in [0.25, 0.3) is 10.0 Å². The Labute approximate surface area is 186 Å². The SMILES string of the molecule is Cc1c(Cl)cccc1NS(=O)(=O)c1ccc2c(c1)C(=O)C(C(=O)NC1CCCC1)C=N2. The van der Waals surface area contributed by atoms with Gasteiger partial charge in [-0.05, 0) is 55.7 Å². The maximum absolute atomic E-state index is 13.0. The quantitative estimate of drug-likeness (QED) is 0.658. The molecule has 2 aromatic rings. The number of sulfonamides is 1. The number of hydrogen-bond acceptors (Lipinski definition) is 5. The van der Waals surface area contributed by atoms with Crippen molar-refractivity contribution in [3.63, 3.8) is 0 Å². The van der Waals surface area contributed by atoms with E-state index in [0.29, 0.717) is 22.0 Å². The summed E-state index contributed by atoms with van der Waals surface area (Å²) in [5.74, 6) is -1.92. The van der Waals surface area contributed by atoms with Crippen molar-refractivity contribution in [3.05, 3.63) is 52.5 Å². The van der Waals surface area contributed by atoms with E-state index < -0.39 is 27.6 Å². The predicted molar refractivity (Wildman–Crippen MR) is 120 cm³/mol. The second-order valence-electron chi connectivity index (χ2n) is 7.81. The maximum atomic E-state index is 13.0. The molecular formula is C22H22ClN3O4S. The van der Waals surface area contributed by atoms with Crippen molar-refractivity contribution < 1.29 is 18.0 Å². The standard InChI is InChI=1S/C22H22ClN3O4S/c1-13-18(23)7-4-8-19(13)26-31(29,30)15-9-10-20-16(11-15)21(27)17(12-24-20)22(28)25-14-5-2-3-6-14/h4,7-12,14,17,26H,2-3,5-6H2,1H3,(H,25,28). The minimum atomic E-state index is -3.98. The van der Waals surface area contributed by atoms with Gasteiger partial charge in [0.05, 0.1) is 16.3 Å². The number of nitrogens with zero attached hydrogens (tertiary/aromatic N) is 1. The molecular weight excluding hydrogens is 438 g/mol. The van der Waals surface area contributed by atoms with E-state index in [9.17, 15) is 18.0 Å². The molecule has 2 aliphatic rings. The molecule has 2 N–H and O–H groups in total. The van der Waals surface area contributed by atoms with Gasteiger partial charge >= 0.3 is 0 Å². The van der Waals surface area contributed by atoms with Crippen molar-refractivity contribution in [2.24, 2.45) is 10.9 Å². The van der Waals surface area contributed by atoms with Gasteiger partial charge in [-0.2, -0.15) is 0 Å². The molecule has 0 saturated heterocycles. The van der Waals surface area contributed by atoms with Crippen molar-refractivity contribution in [1.82, 2.24) is 5.32 Å². The lowest BCUT2D eigenvalue weighted by molar-refractivity contribution is -0.122. The molecule has 1 saturated carbocycles. The number of hydrogen-bond donors (Lipinski definition) is 2. The molecule has 1 heterocycles. The molecule has 1 fully saturated rings. The molecule has 0 radical (unpaired) electrons. The van der Waals surface area contributed by atoms with E-state index in [1.165, 1.54) is 24.4 Å². The van der Waals surface area contributed by atoms with Gasteiger partial charge in [-0.1, -0.05) is 30.5 Å². The lowest BCUT2D eigenvalue weighted by atomic mass is 9.93. The highest BCUT2D eigenvalue weighted by Crippen LogP contribution is 2.31. The number of amides is 1. The predicted octanol–water partition coefficient (Wildman–Crippen LogP) is 4.02. The molecule has 9 heteroatoms. The highest BCUT2D eigenvalue weighted by atomic mass is 35.5. The number of anilines is 1. The van der Waals surface area contributed by atoms with Crippen LogP contribution in [0.1, 0.15) is 41.6 Å². The first kappa shape index (κ1) is 21.5. The molecule has 1 aliphatic heterocycles. The van der Waals surface area contributed by atoms with Crippen LogP contribution < -0.4 is 10.0 Å². The first-order valence-corrected chi connectivity index (χ1v) is 11.9. The number of carbonyl (C=O) groups excluding carboxylic acids is 2. The van der Waals surface area contributed by atoms with Crippen LogP contribution in [0.2, 0.25) is 5.02 Å². The molecule has 31 heavy (non-hydrogen) atoms. The summed E-state index contributed by atoms with van der Waals surface area (Å²) in [7, 11) is -3.98. The van der Waals surface area contributed by atoms with Crippen LogP contribution in [0.25, 0.3) is 0 Å². The van der Waals surface area contributed by atoms with Crippen molar-refractivity contribution >= 4 is 50.9 Å². The summed E-state index contributed by atoms with van der Waals surface area (Å²) in [5.41, 5.74) is 1.39. The van der Waals surface area contributed by atoms with Crippen LogP contribution in [-0.2, 0) is 14.8 Å². The van der Waals surface area contributed by atoms with Crippen LogP contribution in [0, 0.1) is 12.8 Å². The summed E-state index contributed by atoms with van der Waals surface area (Å²) < 4.78 is 28.3. The molecule has 0 aromatic heterocycles. The van der Waals surface area contributed by atoms with Crippen LogP contribution in [0.4, 0.5) is 11.4 Å². The Morgan fingerprint density at radius 1 is 1.16 bits per heavy atom. The highest BCUT2D eigenvalue weighted by molar-refractivity contribution is 7.92. The van der Waals surface area contributed by atoms with Gasteiger partial charge in [-0.3, -0.25) is 19.3 Å². The first-order valence-electron chi connectivity index (χ1n) is 10.1. The lowest BCUT2D eigenvalue weighted by Gasteiger charge is -2.20. The van der Waals surface area contributed by atoms with Crippen molar-refractivity contribution in [1.29, 1.82) is 0 Å². The molecule has 2 aromatic carbocycles. The van der Waals surface area contributed by atoms with E-state index in [0.717, 1.165) is 25.7 Å². The molecule has 4 rings (SSSR count). The molecule has 1 aliphatic carbocycles. The van der Waals surface area contributed by atoms with Crippen molar-refractivity contribution in [2.45, 2.75) is 43.5 Å². The van der Waals surface area contributed by atoms with Crippen LogP contribution >= 0.6 is 11.6 Å². The molecule has 162 valence electrons. The number of carbonyl (C=O) groups is 2. The smallest absolute Gasteiger partial charge is 0.261 e. The number of benzene rings is 2. The van der Waals surface area contributed by atoms with Gasteiger partial charge in [0.15, 0.2) is 5.78 Å². The van der Waals surface area contributed by atoms with Crippen molar-refractivity contribution in [3.8, 4) is 0 Å². The Morgan fingerprint density at radius 3 is 2.65 bits per heavy atom. The average molecular weight is 460 g/mol. The number of Topliss-reactive ketones (excluding diaryl/α,β-unsaturated/α-hetero) is 1. The minimum Gasteiger partial charge on any atom is -0.352 e. The Morgan fingerprint density at radius 2 is 1.90 bits per heavy atom. The molecule has 1 amide bonds. The number of aliphatic imine (C=N–C) groups is 1. The molecule has 1 atom stereocenters. The fourth-order valence-electron chi connectivity index (χ4n) is 3.85. The second-order valence-corrected chi connectivity index (χ2v) is 9.90. The maximum Gasteiger partial charge on any atom is 0.261 e. The van der Waals surface area contributed by atoms with Gasteiger partial charge in [0, 0.05) is 22.8 Å². The third-order valence-electron chi connectivity index (χ3n) is 5.68. The van der Waals surface area contributed by atoms with E-state index in [-0.39, 0.29) is 16.5 Å². The fraction of sp³-hybridized carbons (Fsp3) is 0.318. The average Bonchev–Trinajstić information content (AvgIpc) is 3.24. The monoisotopic (exact) mass is 459 g/mol. The zero-order valence-electron chi connectivity index (χ0n) is 16.9. The zero-order valence-corrected chi connectivity index (χ0v) is 18.5. The van der Waals surface area contributed by atoms with Crippen LogP contribution in [-0.4, -0.2) is 32.4 Å².